The summed E-state index contributed by atoms with van der Waals surface area (Å²) in [5.74, 6) is 0. The monoisotopic (exact) mass is 247 g/mol. The molecule has 1 heterocycles. The molecule has 0 unspecified atom stereocenters. The van der Waals surface area contributed by atoms with E-state index in [0.29, 0.717) is 0 Å². The Bertz CT molecular complexity index is 400. The Labute approximate surface area is 111 Å². The molecule has 0 radical (unpaired) electrons. The lowest BCUT2D eigenvalue weighted by atomic mass is 9.99. The van der Waals surface area contributed by atoms with E-state index in [1.165, 1.54) is 5.56 Å². The highest BCUT2D eigenvalue weighted by atomic mass is 15.3. The van der Waals surface area contributed by atoms with Gasteiger partial charge in [-0.3, -0.25) is 9.80 Å². The molecule has 0 aromatic heterocycles. The third kappa shape index (κ3) is 3.03. The molecule has 0 spiro atoms. The Hall–Kier alpha value is -1.06. The zero-order chi connectivity index (χ0) is 13.2. The maximum Gasteiger partial charge on any atom is 0.0347 e. The number of benzene rings is 1. The number of nitrogen functional groups attached to an aromatic ring is 1. The zero-order valence-electron chi connectivity index (χ0n) is 11.8. The van der Waals surface area contributed by atoms with Crippen LogP contribution in [0.15, 0.2) is 24.3 Å². The van der Waals surface area contributed by atoms with Gasteiger partial charge in [0, 0.05) is 37.4 Å². The summed E-state index contributed by atoms with van der Waals surface area (Å²) in [7, 11) is 2.21. The van der Waals surface area contributed by atoms with Crippen molar-refractivity contribution in [1.29, 1.82) is 0 Å². The van der Waals surface area contributed by atoms with Crippen LogP contribution in [0.3, 0.4) is 0 Å². The van der Waals surface area contributed by atoms with Crippen molar-refractivity contribution in [2.45, 2.75) is 25.8 Å². The van der Waals surface area contributed by atoms with Gasteiger partial charge in [0.15, 0.2) is 0 Å². The van der Waals surface area contributed by atoms with Crippen molar-refractivity contribution in [3.05, 3.63) is 29.8 Å². The molecule has 0 amide bonds. The minimum absolute atomic E-state index is 0.278. The van der Waals surface area contributed by atoms with E-state index in [2.05, 4.69) is 42.8 Å². The Morgan fingerprint density at radius 3 is 2.61 bits per heavy atom. The molecule has 1 aromatic carbocycles. The summed E-state index contributed by atoms with van der Waals surface area (Å²) in [6.07, 6.45) is 1.05. The quantitative estimate of drug-likeness (QED) is 0.827. The van der Waals surface area contributed by atoms with E-state index in [4.69, 9.17) is 5.73 Å². The summed E-state index contributed by atoms with van der Waals surface area (Å²) in [5.41, 5.74) is 8.46. The number of para-hydroxylation sites is 1. The molecule has 2 N–H and O–H groups in total. The van der Waals surface area contributed by atoms with Crippen LogP contribution < -0.4 is 5.73 Å². The van der Waals surface area contributed by atoms with Crippen LogP contribution in [0.25, 0.3) is 0 Å². The van der Waals surface area contributed by atoms with Crippen LogP contribution in [0.4, 0.5) is 5.69 Å². The van der Waals surface area contributed by atoms with Gasteiger partial charge in [0.2, 0.25) is 0 Å². The number of hydrogen-bond donors (Lipinski definition) is 1. The standard InChI is InChI=1S/C15H25N3/c1-15(2)12-18(11-10-17(15)3)9-8-13-6-4-5-7-14(13)16/h4-7H,8-12,16H2,1-3H3. The minimum Gasteiger partial charge on any atom is -0.399 e. The first-order valence-electron chi connectivity index (χ1n) is 6.76. The zero-order valence-corrected chi connectivity index (χ0v) is 11.8. The van der Waals surface area contributed by atoms with Crippen molar-refractivity contribution < 1.29 is 0 Å². The van der Waals surface area contributed by atoms with Gasteiger partial charge < -0.3 is 5.73 Å². The van der Waals surface area contributed by atoms with Gasteiger partial charge >= 0.3 is 0 Å². The molecule has 1 aliphatic heterocycles. The predicted molar refractivity (Wildman–Crippen MR) is 77.7 cm³/mol. The highest BCUT2D eigenvalue weighted by Crippen LogP contribution is 2.19. The number of nitrogens with zero attached hydrogens (tertiary/aromatic N) is 2. The normalized spacial score (nSPS) is 21.1. The first kappa shape index (κ1) is 13.4. The molecule has 1 aromatic rings. The lowest BCUT2D eigenvalue weighted by molar-refractivity contribution is 0.0408. The summed E-state index contributed by atoms with van der Waals surface area (Å²) in [4.78, 5) is 4.99. The average molecular weight is 247 g/mol. The molecule has 1 saturated heterocycles. The summed E-state index contributed by atoms with van der Waals surface area (Å²) >= 11 is 0. The number of anilines is 1. The van der Waals surface area contributed by atoms with Crippen molar-refractivity contribution in [2.75, 3.05) is 39.0 Å². The predicted octanol–water partition coefficient (Wildman–Crippen LogP) is 1.84. The van der Waals surface area contributed by atoms with Crippen molar-refractivity contribution in [1.82, 2.24) is 9.80 Å². The van der Waals surface area contributed by atoms with Gasteiger partial charge in [-0.1, -0.05) is 18.2 Å². The van der Waals surface area contributed by atoms with Gasteiger partial charge in [0.1, 0.15) is 0 Å². The molecule has 0 atom stereocenters. The fourth-order valence-electron chi connectivity index (χ4n) is 2.57. The summed E-state index contributed by atoms with van der Waals surface area (Å²) in [6.45, 7) is 9.18. The summed E-state index contributed by atoms with van der Waals surface area (Å²) in [5, 5.41) is 0. The maximum atomic E-state index is 5.98. The van der Waals surface area contributed by atoms with E-state index in [1.54, 1.807) is 0 Å². The van der Waals surface area contributed by atoms with Crippen molar-refractivity contribution in [3.8, 4) is 0 Å². The lowest BCUT2D eigenvalue weighted by Gasteiger charge is -2.45. The number of hydrogen-bond acceptors (Lipinski definition) is 3. The Morgan fingerprint density at radius 2 is 1.94 bits per heavy atom. The van der Waals surface area contributed by atoms with Gasteiger partial charge in [0.25, 0.3) is 0 Å². The van der Waals surface area contributed by atoms with Crippen LogP contribution in [0.5, 0.6) is 0 Å². The van der Waals surface area contributed by atoms with Crippen LogP contribution in [0.1, 0.15) is 19.4 Å². The molecule has 0 bridgehead atoms. The second-order valence-corrected chi connectivity index (χ2v) is 5.96. The van der Waals surface area contributed by atoms with Crippen LogP contribution in [0, 0.1) is 0 Å². The smallest absolute Gasteiger partial charge is 0.0347 e. The van der Waals surface area contributed by atoms with Crippen molar-refractivity contribution >= 4 is 5.69 Å². The van der Waals surface area contributed by atoms with E-state index in [1.807, 2.05) is 12.1 Å². The van der Waals surface area contributed by atoms with E-state index >= 15 is 0 Å². The maximum absolute atomic E-state index is 5.98. The largest absolute Gasteiger partial charge is 0.399 e. The molecule has 18 heavy (non-hydrogen) atoms. The van der Waals surface area contributed by atoms with Crippen molar-refractivity contribution in [3.63, 3.8) is 0 Å². The second kappa shape index (κ2) is 5.29. The number of nitrogens with two attached hydrogens (primary N) is 1. The summed E-state index contributed by atoms with van der Waals surface area (Å²) in [6, 6.07) is 8.19. The van der Waals surface area contributed by atoms with E-state index in [0.717, 1.165) is 38.3 Å². The molecule has 0 saturated carbocycles. The van der Waals surface area contributed by atoms with Crippen LogP contribution in [-0.2, 0) is 6.42 Å². The Kier molecular flexibility index (Phi) is 3.93. The average Bonchev–Trinajstić information content (AvgIpc) is 2.32. The second-order valence-electron chi connectivity index (χ2n) is 5.96. The fraction of sp³-hybridized carbons (Fsp3) is 0.600. The van der Waals surface area contributed by atoms with E-state index in [9.17, 15) is 0 Å². The fourth-order valence-corrected chi connectivity index (χ4v) is 2.57. The van der Waals surface area contributed by atoms with Crippen molar-refractivity contribution in [2.24, 2.45) is 0 Å². The first-order chi connectivity index (χ1) is 8.49. The third-order valence-corrected chi connectivity index (χ3v) is 4.15. The molecule has 0 aliphatic carbocycles. The Morgan fingerprint density at radius 1 is 1.22 bits per heavy atom. The van der Waals surface area contributed by atoms with Crippen LogP contribution in [0.2, 0.25) is 0 Å². The number of likely N-dealkylation sites (N-methyl/N-ethyl adjacent to an activating group) is 1. The van der Waals surface area contributed by atoms with Gasteiger partial charge in [-0.15, -0.1) is 0 Å². The minimum atomic E-state index is 0.278. The van der Waals surface area contributed by atoms with Gasteiger partial charge in [-0.05, 0) is 38.9 Å². The van der Waals surface area contributed by atoms with Gasteiger partial charge in [-0.25, -0.2) is 0 Å². The SMILES string of the molecule is CN1CCN(CCc2ccccc2N)CC1(C)C. The van der Waals surface area contributed by atoms with Gasteiger partial charge in [0.05, 0.1) is 0 Å². The highest BCUT2D eigenvalue weighted by molar-refractivity contribution is 5.46. The number of rotatable bonds is 3. The topological polar surface area (TPSA) is 32.5 Å². The van der Waals surface area contributed by atoms with Crippen LogP contribution >= 0.6 is 0 Å². The van der Waals surface area contributed by atoms with Gasteiger partial charge in [-0.2, -0.15) is 0 Å². The molecule has 1 aliphatic rings. The number of piperazine rings is 1. The molecular weight excluding hydrogens is 222 g/mol. The third-order valence-electron chi connectivity index (χ3n) is 4.15. The van der Waals surface area contributed by atoms with E-state index in [-0.39, 0.29) is 5.54 Å². The highest BCUT2D eigenvalue weighted by Gasteiger charge is 2.30. The lowest BCUT2D eigenvalue weighted by Crippen LogP contribution is -2.57. The molecule has 3 heteroatoms. The molecule has 1 fully saturated rings. The molecule has 100 valence electrons. The Balaban J connectivity index is 1.90. The van der Waals surface area contributed by atoms with E-state index < -0.39 is 0 Å². The molecule has 3 nitrogen and oxygen atoms in total. The summed E-state index contributed by atoms with van der Waals surface area (Å²) < 4.78 is 0. The van der Waals surface area contributed by atoms with Crippen LogP contribution in [-0.4, -0.2) is 48.6 Å². The molecule has 2 rings (SSSR count). The first-order valence-corrected chi connectivity index (χ1v) is 6.76. The molecular formula is C15H25N3.